The maximum atomic E-state index is 5.91. The number of fused-ring (bicyclic) bond motifs is 1. The van der Waals surface area contributed by atoms with E-state index >= 15 is 0 Å². The van der Waals surface area contributed by atoms with Gasteiger partial charge in [0.1, 0.15) is 0 Å². The lowest BCUT2D eigenvalue weighted by molar-refractivity contribution is 0.825. The molecule has 1 aliphatic rings. The number of amidine groups is 1. The molecule has 5 nitrogen and oxygen atoms in total. The number of hydrogen-bond acceptors (Lipinski definition) is 5. The first-order chi connectivity index (χ1) is 10.0. The molecule has 0 spiro atoms. The van der Waals surface area contributed by atoms with Crippen molar-refractivity contribution in [1.82, 2.24) is 15.4 Å². The molecule has 108 valence electrons. The van der Waals surface area contributed by atoms with Crippen molar-refractivity contribution in [2.75, 3.05) is 12.1 Å². The number of hydrazine groups is 1. The van der Waals surface area contributed by atoms with Crippen LogP contribution in [0.4, 0.5) is 11.5 Å². The summed E-state index contributed by atoms with van der Waals surface area (Å²) in [5.41, 5.74) is 4.88. The number of aliphatic imine (C=N–C) groups is 1. The largest absolute Gasteiger partial charge is 0.275 e. The molecule has 1 aromatic carbocycles. The normalized spacial score (nSPS) is 15.8. The maximum Gasteiger partial charge on any atom is 0.224 e. The molecular formula is C13H11BrClN5S. The van der Waals surface area contributed by atoms with Crippen molar-refractivity contribution < 1.29 is 0 Å². The van der Waals surface area contributed by atoms with Gasteiger partial charge in [-0.25, -0.2) is 9.98 Å². The van der Waals surface area contributed by atoms with Crippen molar-refractivity contribution >= 4 is 56.0 Å². The number of nitrogens with one attached hydrogen (secondary N) is 1. The number of halogens is 2. The van der Waals surface area contributed by atoms with Crippen LogP contribution >= 0.6 is 39.3 Å². The number of nitrogens with zero attached hydrogens (tertiary/aromatic N) is 4. The first kappa shape index (κ1) is 14.6. The van der Waals surface area contributed by atoms with E-state index in [-0.39, 0.29) is 5.28 Å². The Morgan fingerprint density at radius 3 is 2.95 bits per heavy atom. The van der Waals surface area contributed by atoms with Crippen molar-refractivity contribution in [2.45, 2.75) is 11.8 Å². The number of rotatable bonds is 1. The van der Waals surface area contributed by atoms with Gasteiger partial charge < -0.3 is 0 Å². The number of benzene rings is 1. The van der Waals surface area contributed by atoms with E-state index in [0.717, 1.165) is 31.7 Å². The molecular weight excluding hydrogens is 374 g/mol. The van der Waals surface area contributed by atoms with Gasteiger partial charge in [0.2, 0.25) is 5.28 Å². The highest BCUT2D eigenvalue weighted by Gasteiger charge is 2.23. The van der Waals surface area contributed by atoms with Gasteiger partial charge in [-0.2, -0.15) is 4.98 Å². The lowest BCUT2D eigenvalue weighted by Crippen LogP contribution is -2.41. The van der Waals surface area contributed by atoms with Crippen molar-refractivity contribution in [1.29, 1.82) is 0 Å². The molecule has 0 bridgehead atoms. The third-order valence-electron chi connectivity index (χ3n) is 2.81. The molecule has 0 saturated carbocycles. The highest BCUT2D eigenvalue weighted by atomic mass is 79.9. The van der Waals surface area contributed by atoms with Crippen LogP contribution in [0.1, 0.15) is 5.69 Å². The highest BCUT2D eigenvalue weighted by Crippen LogP contribution is 2.35. The van der Waals surface area contributed by atoms with Crippen LogP contribution in [0, 0.1) is 6.92 Å². The zero-order chi connectivity index (χ0) is 15.0. The van der Waals surface area contributed by atoms with Gasteiger partial charge in [-0.1, -0.05) is 22.0 Å². The molecule has 21 heavy (non-hydrogen) atoms. The minimum Gasteiger partial charge on any atom is -0.275 e. The van der Waals surface area contributed by atoms with Crippen molar-refractivity contribution in [2.24, 2.45) is 4.99 Å². The second-order valence-corrected chi connectivity index (χ2v) is 6.65. The van der Waals surface area contributed by atoms with Gasteiger partial charge in [0, 0.05) is 11.5 Å². The van der Waals surface area contributed by atoms with E-state index in [2.05, 4.69) is 36.3 Å². The molecule has 2 aromatic rings. The average Bonchev–Trinajstić information content (AvgIpc) is 2.40. The highest BCUT2D eigenvalue weighted by molar-refractivity contribution is 9.10. The standard InChI is InChI=1S/C13H11BrClN5S/c1-7-10-11(18-12(15)16-7)20(2)19-13(21-10)17-9-5-3-4-8(14)6-9/h3-6H,1-2H3,(H,17,19). The van der Waals surface area contributed by atoms with Crippen LogP contribution in [0.5, 0.6) is 0 Å². The Bertz CT molecular complexity index is 736. The van der Waals surface area contributed by atoms with Gasteiger partial charge in [0.05, 0.1) is 16.3 Å². The molecule has 0 saturated heterocycles. The number of aryl methyl sites for hydroxylation is 1. The van der Waals surface area contributed by atoms with Gasteiger partial charge in [-0.15, -0.1) is 0 Å². The first-order valence-corrected chi connectivity index (χ1v) is 8.08. The maximum absolute atomic E-state index is 5.91. The summed E-state index contributed by atoms with van der Waals surface area (Å²) in [7, 11) is 1.87. The van der Waals surface area contributed by atoms with Crippen LogP contribution in [-0.2, 0) is 0 Å². The Balaban J connectivity index is 1.98. The molecule has 1 N–H and O–H groups in total. The van der Waals surface area contributed by atoms with Gasteiger partial charge in [-0.05, 0) is 48.5 Å². The second kappa shape index (κ2) is 5.82. The predicted octanol–water partition coefficient (Wildman–Crippen LogP) is 3.94. The summed E-state index contributed by atoms with van der Waals surface area (Å²) >= 11 is 10.8. The smallest absolute Gasteiger partial charge is 0.224 e. The second-order valence-electron chi connectivity index (χ2n) is 4.40. The lowest BCUT2D eigenvalue weighted by Gasteiger charge is -2.28. The fraction of sp³-hybridized carbons (Fsp3) is 0.154. The molecule has 1 aliphatic heterocycles. The SMILES string of the molecule is Cc1nc(Cl)nc2c1SC(=Nc1cccc(Br)c1)NN2C. The Morgan fingerprint density at radius 2 is 2.19 bits per heavy atom. The summed E-state index contributed by atoms with van der Waals surface area (Å²) in [6.45, 7) is 1.91. The van der Waals surface area contributed by atoms with E-state index in [1.807, 2.05) is 38.2 Å². The molecule has 1 aromatic heterocycles. The molecule has 0 fully saturated rings. The van der Waals surface area contributed by atoms with Gasteiger partial charge >= 0.3 is 0 Å². The fourth-order valence-corrected chi connectivity index (χ4v) is 3.48. The van der Waals surface area contributed by atoms with Gasteiger partial charge in [-0.3, -0.25) is 10.4 Å². The number of aromatic nitrogens is 2. The molecule has 2 heterocycles. The summed E-state index contributed by atoms with van der Waals surface area (Å²) in [6.07, 6.45) is 0. The summed E-state index contributed by atoms with van der Waals surface area (Å²) in [5.74, 6) is 0.755. The average molecular weight is 385 g/mol. The fourth-order valence-electron chi connectivity index (χ4n) is 1.89. The van der Waals surface area contributed by atoms with E-state index in [0.29, 0.717) is 0 Å². The van der Waals surface area contributed by atoms with Crippen molar-refractivity contribution in [3.05, 3.63) is 39.7 Å². The van der Waals surface area contributed by atoms with Crippen molar-refractivity contribution in [3.63, 3.8) is 0 Å². The van der Waals surface area contributed by atoms with E-state index in [4.69, 9.17) is 11.6 Å². The van der Waals surface area contributed by atoms with Gasteiger partial charge in [0.15, 0.2) is 11.0 Å². The summed E-state index contributed by atoms with van der Waals surface area (Å²) in [4.78, 5) is 14.0. The van der Waals surface area contributed by atoms with Crippen LogP contribution in [0.2, 0.25) is 5.28 Å². The van der Waals surface area contributed by atoms with Crippen LogP contribution in [-0.4, -0.2) is 22.2 Å². The van der Waals surface area contributed by atoms with Crippen LogP contribution < -0.4 is 10.4 Å². The molecule has 0 unspecified atom stereocenters. The van der Waals surface area contributed by atoms with E-state index in [1.165, 1.54) is 11.8 Å². The van der Waals surface area contributed by atoms with Crippen LogP contribution in [0.15, 0.2) is 38.6 Å². The zero-order valence-corrected chi connectivity index (χ0v) is 14.4. The third kappa shape index (κ3) is 3.14. The molecule has 0 amide bonds. The first-order valence-electron chi connectivity index (χ1n) is 6.09. The van der Waals surface area contributed by atoms with Gasteiger partial charge in [0.25, 0.3) is 0 Å². The topological polar surface area (TPSA) is 53.4 Å². The lowest BCUT2D eigenvalue weighted by atomic mass is 10.3. The Labute approximate surface area is 139 Å². The molecule has 0 aliphatic carbocycles. The quantitative estimate of drug-likeness (QED) is 0.755. The monoisotopic (exact) mass is 383 g/mol. The minimum absolute atomic E-state index is 0.243. The van der Waals surface area contributed by atoms with E-state index < -0.39 is 0 Å². The predicted molar refractivity (Wildman–Crippen MR) is 90.4 cm³/mol. The minimum atomic E-state index is 0.243. The Kier molecular flexibility index (Phi) is 4.05. The Morgan fingerprint density at radius 1 is 1.38 bits per heavy atom. The zero-order valence-electron chi connectivity index (χ0n) is 11.3. The van der Waals surface area contributed by atoms with Crippen LogP contribution in [0.3, 0.4) is 0 Å². The third-order valence-corrected chi connectivity index (χ3v) is 4.53. The van der Waals surface area contributed by atoms with Crippen molar-refractivity contribution in [3.8, 4) is 0 Å². The molecule has 0 atom stereocenters. The summed E-state index contributed by atoms with van der Waals surface area (Å²) in [5, 5.41) is 2.80. The van der Waals surface area contributed by atoms with Crippen LogP contribution in [0.25, 0.3) is 0 Å². The summed E-state index contributed by atoms with van der Waals surface area (Å²) < 4.78 is 0.991. The molecule has 8 heteroatoms. The molecule has 3 rings (SSSR count). The number of thioether (sulfide) groups is 1. The summed E-state index contributed by atoms with van der Waals surface area (Å²) in [6, 6.07) is 7.81. The van der Waals surface area contributed by atoms with E-state index in [1.54, 1.807) is 5.01 Å². The number of hydrogen-bond donors (Lipinski definition) is 1. The Hall–Kier alpha value is -1.31. The molecule has 0 radical (unpaired) electrons. The number of anilines is 1. The van der Waals surface area contributed by atoms with E-state index in [9.17, 15) is 0 Å².